The molecule has 0 saturated carbocycles. The summed E-state index contributed by atoms with van der Waals surface area (Å²) in [6.45, 7) is 4.49. The van der Waals surface area contributed by atoms with Gasteiger partial charge in [0.25, 0.3) is 0 Å². The Balaban J connectivity index is 1.12. The first-order valence-electron chi connectivity index (χ1n) is 16.7. The number of rotatable bonds is 7. The molecule has 2 bridgehead atoms. The van der Waals surface area contributed by atoms with E-state index in [1.165, 1.54) is 72.3 Å². The highest BCUT2D eigenvalue weighted by Crippen LogP contribution is 2.49. The molecule has 7 nitrogen and oxygen atoms in total. The van der Waals surface area contributed by atoms with E-state index < -0.39 is 0 Å². The summed E-state index contributed by atoms with van der Waals surface area (Å²) in [6.07, 6.45) is 11.6. The van der Waals surface area contributed by atoms with Crippen LogP contribution >= 0.6 is 0 Å². The number of piperazine rings is 1. The van der Waals surface area contributed by atoms with Gasteiger partial charge >= 0.3 is 6.01 Å². The van der Waals surface area contributed by atoms with Gasteiger partial charge in [0.1, 0.15) is 24.8 Å². The van der Waals surface area contributed by atoms with Crippen LogP contribution in [0, 0.1) is 0 Å². The fraction of sp³-hybridized carbons (Fsp3) is 0.556. The van der Waals surface area contributed by atoms with Crippen LogP contribution in [0.5, 0.6) is 11.8 Å². The zero-order valence-corrected chi connectivity index (χ0v) is 25.6. The van der Waals surface area contributed by atoms with Crippen molar-refractivity contribution in [2.45, 2.75) is 94.4 Å². The zero-order chi connectivity index (χ0) is 28.8. The van der Waals surface area contributed by atoms with E-state index in [2.05, 4.69) is 70.7 Å². The van der Waals surface area contributed by atoms with Crippen molar-refractivity contribution in [1.82, 2.24) is 20.2 Å². The van der Waals surface area contributed by atoms with Crippen LogP contribution in [0.3, 0.4) is 0 Å². The smallest absolute Gasteiger partial charge is 0.318 e. The van der Waals surface area contributed by atoms with Gasteiger partial charge in [0.2, 0.25) is 0 Å². The molecular formula is C36H45N5O2. The van der Waals surface area contributed by atoms with Crippen molar-refractivity contribution in [3.8, 4) is 11.8 Å². The molecule has 3 fully saturated rings. The van der Waals surface area contributed by atoms with E-state index in [9.17, 15) is 0 Å². The van der Waals surface area contributed by atoms with Crippen LogP contribution in [0.2, 0.25) is 0 Å². The molecule has 3 aliphatic heterocycles. The fourth-order valence-electron chi connectivity index (χ4n) is 8.73. The molecule has 1 unspecified atom stereocenters. The minimum absolute atomic E-state index is 0.0870. The summed E-state index contributed by atoms with van der Waals surface area (Å²) < 4.78 is 12.8. The molecule has 5 aliphatic rings. The summed E-state index contributed by atoms with van der Waals surface area (Å²) in [7, 11) is 2.21. The summed E-state index contributed by atoms with van der Waals surface area (Å²) in [6, 6.07) is 19.4. The Bertz CT molecular complexity index is 1450. The molecule has 4 atom stereocenters. The molecule has 2 aliphatic carbocycles. The molecule has 0 radical (unpaired) electrons. The van der Waals surface area contributed by atoms with Crippen molar-refractivity contribution < 1.29 is 9.47 Å². The Morgan fingerprint density at radius 2 is 1.79 bits per heavy atom. The van der Waals surface area contributed by atoms with Gasteiger partial charge in [-0.1, -0.05) is 36.4 Å². The number of benzene rings is 2. The number of ether oxygens (including phenoxy) is 2. The van der Waals surface area contributed by atoms with Gasteiger partial charge in [0.15, 0.2) is 0 Å². The number of hydrogen-bond donors (Lipinski definition) is 1. The van der Waals surface area contributed by atoms with Gasteiger partial charge in [-0.15, -0.1) is 0 Å². The van der Waals surface area contributed by atoms with Crippen molar-refractivity contribution in [1.29, 1.82) is 0 Å². The van der Waals surface area contributed by atoms with Gasteiger partial charge in [-0.2, -0.15) is 9.97 Å². The molecule has 4 heterocycles. The van der Waals surface area contributed by atoms with Gasteiger partial charge in [-0.25, -0.2) is 0 Å². The van der Waals surface area contributed by atoms with E-state index in [1.807, 2.05) is 0 Å². The number of aryl methyl sites for hydroxylation is 1. The number of aromatic nitrogens is 2. The average Bonchev–Trinajstić information content (AvgIpc) is 3.56. The van der Waals surface area contributed by atoms with E-state index >= 15 is 0 Å². The molecule has 3 saturated heterocycles. The maximum Gasteiger partial charge on any atom is 0.318 e. The predicted molar refractivity (Wildman–Crippen MR) is 169 cm³/mol. The molecule has 1 spiro atoms. The number of nitrogens with one attached hydrogen (secondary N) is 1. The Morgan fingerprint density at radius 3 is 2.60 bits per heavy atom. The van der Waals surface area contributed by atoms with Crippen LogP contribution in [0.1, 0.15) is 72.9 Å². The van der Waals surface area contributed by atoms with E-state index in [0.717, 1.165) is 51.1 Å². The Kier molecular flexibility index (Phi) is 7.26. The maximum atomic E-state index is 6.46. The SMILES string of the molecule is CN1CCC[C@H]1COc1nc2c(c(N3[C@@H]4CC[C@H]3CNC4)n1)CCC1(CCCc3ccc(OCc4ccccc4)cc31)C2. The van der Waals surface area contributed by atoms with Gasteiger partial charge in [-0.05, 0) is 107 Å². The molecule has 2 aromatic carbocycles. The molecule has 1 aromatic heterocycles. The lowest BCUT2D eigenvalue weighted by molar-refractivity contribution is 0.186. The number of likely N-dealkylation sites (N-methyl/N-ethyl adjacent to an activating group) is 1. The van der Waals surface area contributed by atoms with Crippen molar-refractivity contribution >= 4 is 5.82 Å². The number of likely N-dealkylation sites (tertiary alicyclic amines) is 1. The average molecular weight is 580 g/mol. The lowest BCUT2D eigenvalue weighted by atomic mass is 9.62. The summed E-state index contributed by atoms with van der Waals surface area (Å²) in [5.74, 6) is 2.14. The second kappa shape index (κ2) is 11.4. The van der Waals surface area contributed by atoms with E-state index in [1.54, 1.807) is 0 Å². The molecular weight excluding hydrogens is 534 g/mol. The third-order valence-electron chi connectivity index (χ3n) is 11.1. The predicted octanol–water partition coefficient (Wildman–Crippen LogP) is 5.23. The number of nitrogens with zero attached hydrogens (tertiary/aromatic N) is 4. The van der Waals surface area contributed by atoms with Gasteiger partial charge in [0.05, 0.1) is 5.69 Å². The fourth-order valence-corrected chi connectivity index (χ4v) is 8.73. The number of anilines is 1. The zero-order valence-electron chi connectivity index (χ0n) is 25.6. The lowest BCUT2D eigenvalue weighted by Crippen LogP contribution is -2.53. The highest BCUT2D eigenvalue weighted by molar-refractivity contribution is 5.56. The first-order valence-corrected chi connectivity index (χ1v) is 16.7. The first-order chi connectivity index (χ1) is 21.1. The molecule has 0 amide bonds. The van der Waals surface area contributed by atoms with E-state index in [4.69, 9.17) is 19.4 Å². The van der Waals surface area contributed by atoms with E-state index in [-0.39, 0.29) is 5.41 Å². The number of hydrogen-bond acceptors (Lipinski definition) is 7. The van der Waals surface area contributed by atoms with Gasteiger partial charge in [0, 0.05) is 42.2 Å². The quantitative estimate of drug-likeness (QED) is 0.411. The van der Waals surface area contributed by atoms with Gasteiger partial charge in [-0.3, -0.25) is 0 Å². The third kappa shape index (κ3) is 5.18. The highest BCUT2D eigenvalue weighted by atomic mass is 16.5. The van der Waals surface area contributed by atoms with Gasteiger partial charge < -0.3 is 24.6 Å². The standard InChI is InChI=1S/C36H45N5O2/c1-40-18-6-10-29(40)24-43-35-38-33-20-36(17-15-31(33)34(39-35)41-27-12-13-28(41)22-37-21-27)16-5-9-26-11-14-30(19-32(26)36)42-23-25-7-3-2-4-8-25/h2-4,7-8,11,14,19,27-29,37H,5-6,9-10,12-13,15-18,20-24H2,1H3/t27-,28+,29-,36?/m0/s1. The lowest BCUT2D eigenvalue weighted by Gasteiger charge is -2.44. The molecule has 3 aromatic rings. The van der Waals surface area contributed by atoms with Crippen molar-refractivity contribution in [3.63, 3.8) is 0 Å². The molecule has 1 N–H and O–H groups in total. The summed E-state index contributed by atoms with van der Waals surface area (Å²) >= 11 is 0. The molecule has 8 rings (SSSR count). The van der Waals surface area contributed by atoms with E-state index in [0.29, 0.717) is 37.3 Å². The van der Waals surface area contributed by atoms with Crippen LogP contribution in [0.15, 0.2) is 48.5 Å². The molecule has 226 valence electrons. The Morgan fingerprint density at radius 1 is 0.930 bits per heavy atom. The Hall–Kier alpha value is -3.16. The minimum atomic E-state index is 0.0870. The summed E-state index contributed by atoms with van der Waals surface area (Å²) in [5.41, 5.74) is 6.84. The molecule has 7 heteroatoms. The van der Waals surface area contributed by atoms with Crippen molar-refractivity contribution in [3.05, 3.63) is 76.5 Å². The second-order valence-corrected chi connectivity index (χ2v) is 13.7. The summed E-state index contributed by atoms with van der Waals surface area (Å²) in [5, 5.41) is 3.66. The van der Waals surface area contributed by atoms with Crippen LogP contribution in [-0.2, 0) is 31.3 Å². The first kappa shape index (κ1) is 27.4. The monoisotopic (exact) mass is 579 g/mol. The van der Waals surface area contributed by atoms with Crippen molar-refractivity contribution in [2.24, 2.45) is 0 Å². The third-order valence-corrected chi connectivity index (χ3v) is 11.1. The van der Waals surface area contributed by atoms with Crippen molar-refractivity contribution in [2.75, 3.05) is 38.2 Å². The highest BCUT2D eigenvalue weighted by Gasteiger charge is 2.44. The Labute approximate surface area is 256 Å². The van der Waals surface area contributed by atoms with Crippen LogP contribution in [-0.4, -0.2) is 66.3 Å². The number of fused-ring (bicyclic) bond motifs is 5. The minimum Gasteiger partial charge on any atom is -0.489 e. The summed E-state index contributed by atoms with van der Waals surface area (Å²) in [4.78, 5) is 15.5. The largest absolute Gasteiger partial charge is 0.489 e. The second-order valence-electron chi connectivity index (χ2n) is 13.7. The van der Waals surface area contributed by atoms with Crippen LogP contribution in [0.4, 0.5) is 5.82 Å². The van der Waals surface area contributed by atoms with Crippen LogP contribution < -0.4 is 19.7 Å². The maximum absolute atomic E-state index is 6.46. The molecule has 43 heavy (non-hydrogen) atoms. The normalized spacial score (nSPS) is 28.1. The van der Waals surface area contributed by atoms with Crippen LogP contribution in [0.25, 0.3) is 0 Å². The topological polar surface area (TPSA) is 62.8 Å².